The zero-order valence-corrected chi connectivity index (χ0v) is 15.2. The highest BCUT2D eigenvalue weighted by Gasteiger charge is 2.12. The fourth-order valence-corrected chi connectivity index (χ4v) is 1.97. The van der Waals surface area contributed by atoms with Gasteiger partial charge in [0.2, 0.25) is 0 Å². The lowest BCUT2D eigenvalue weighted by Crippen LogP contribution is -2.42. The molecule has 1 aromatic rings. The van der Waals surface area contributed by atoms with Gasteiger partial charge < -0.3 is 14.8 Å². The van der Waals surface area contributed by atoms with E-state index in [-0.39, 0.29) is 6.61 Å². The van der Waals surface area contributed by atoms with Crippen molar-refractivity contribution in [3.05, 3.63) is 29.3 Å². The fourth-order valence-electron chi connectivity index (χ4n) is 1.97. The summed E-state index contributed by atoms with van der Waals surface area (Å²) in [5.41, 5.74) is 2.00. The number of nitrogens with one attached hydrogen (secondary N) is 2. The number of esters is 1. The molecular formula is C18H26N2O5. The molecule has 1 rings (SSSR count). The highest BCUT2D eigenvalue weighted by molar-refractivity contribution is 5.95. The van der Waals surface area contributed by atoms with Crippen molar-refractivity contribution in [2.45, 2.75) is 34.1 Å². The average molecular weight is 350 g/mol. The summed E-state index contributed by atoms with van der Waals surface area (Å²) in [5.74, 6) is -0.345. The van der Waals surface area contributed by atoms with Crippen LogP contribution in [-0.2, 0) is 14.3 Å². The van der Waals surface area contributed by atoms with Crippen LogP contribution in [0.2, 0.25) is 0 Å². The van der Waals surface area contributed by atoms with Crippen molar-refractivity contribution in [1.82, 2.24) is 10.6 Å². The Morgan fingerprint density at radius 1 is 1.12 bits per heavy atom. The molecule has 25 heavy (non-hydrogen) atoms. The van der Waals surface area contributed by atoms with Crippen LogP contribution in [-0.4, -0.2) is 37.7 Å². The molecule has 0 aliphatic rings. The van der Waals surface area contributed by atoms with E-state index >= 15 is 0 Å². The van der Waals surface area contributed by atoms with E-state index in [1.165, 1.54) is 0 Å². The predicted octanol–water partition coefficient (Wildman–Crippen LogP) is 2.10. The molecule has 0 unspecified atom stereocenters. The number of urea groups is 1. The van der Waals surface area contributed by atoms with E-state index in [0.29, 0.717) is 18.2 Å². The highest BCUT2D eigenvalue weighted by Crippen LogP contribution is 2.18. The molecule has 0 aromatic heterocycles. The number of carbonyl (C=O) groups excluding carboxylic acids is 3. The second-order valence-corrected chi connectivity index (χ2v) is 6.20. The van der Waals surface area contributed by atoms with E-state index in [1.54, 1.807) is 6.07 Å². The minimum Gasteiger partial charge on any atom is -0.482 e. The SMILES string of the molecule is Cc1ccc(OCC(=O)OCC(=O)NC(=O)NCCC(C)C)c(C)c1. The molecular weight excluding hydrogens is 324 g/mol. The van der Waals surface area contributed by atoms with Crippen LogP contribution in [0.3, 0.4) is 0 Å². The smallest absolute Gasteiger partial charge is 0.344 e. The van der Waals surface area contributed by atoms with Crippen molar-refractivity contribution >= 4 is 17.9 Å². The van der Waals surface area contributed by atoms with Crippen LogP contribution in [0.5, 0.6) is 5.75 Å². The summed E-state index contributed by atoms with van der Waals surface area (Å²) in [5, 5.41) is 4.65. The summed E-state index contributed by atoms with van der Waals surface area (Å²) in [7, 11) is 0. The number of carbonyl (C=O) groups is 3. The van der Waals surface area contributed by atoms with Gasteiger partial charge in [0.25, 0.3) is 5.91 Å². The van der Waals surface area contributed by atoms with E-state index in [4.69, 9.17) is 9.47 Å². The van der Waals surface area contributed by atoms with E-state index in [9.17, 15) is 14.4 Å². The van der Waals surface area contributed by atoms with Crippen LogP contribution < -0.4 is 15.4 Å². The van der Waals surface area contributed by atoms with Gasteiger partial charge in [0.1, 0.15) is 5.75 Å². The maximum Gasteiger partial charge on any atom is 0.344 e. The second kappa shape index (κ2) is 10.3. The van der Waals surface area contributed by atoms with Crippen molar-refractivity contribution in [1.29, 1.82) is 0 Å². The number of hydrogen-bond acceptors (Lipinski definition) is 5. The monoisotopic (exact) mass is 350 g/mol. The molecule has 2 N–H and O–H groups in total. The molecule has 7 nitrogen and oxygen atoms in total. The maximum atomic E-state index is 11.6. The third kappa shape index (κ3) is 8.74. The predicted molar refractivity (Wildman–Crippen MR) is 93.4 cm³/mol. The Morgan fingerprint density at radius 2 is 1.84 bits per heavy atom. The Hall–Kier alpha value is -2.57. The number of rotatable bonds is 8. The van der Waals surface area contributed by atoms with Crippen molar-refractivity contribution in [2.75, 3.05) is 19.8 Å². The Bertz CT molecular complexity index is 613. The van der Waals surface area contributed by atoms with Crippen LogP contribution in [0.4, 0.5) is 4.79 Å². The zero-order valence-electron chi connectivity index (χ0n) is 15.2. The quantitative estimate of drug-likeness (QED) is 0.700. The van der Waals surface area contributed by atoms with Gasteiger partial charge in [-0.3, -0.25) is 10.1 Å². The Balaban J connectivity index is 2.24. The molecule has 0 aliphatic carbocycles. The van der Waals surface area contributed by atoms with E-state index in [2.05, 4.69) is 10.6 Å². The molecule has 1 aromatic carbocycles. The standard InChI is InChI=1S/C18H26N2O5/c1-12(2)7-8-19-18(23)20-16(21)10-25-17(22)11-24-15-6-5-13(3)9-14(15)4/h5-6,9,12H,7-8,10-11H2,1-4H3,(H2,19,20,21,23). The van der Waals surface area contributed by atoms with Crippen LogP contribution in [0.1, 0.15) is 31.4 Å². The number of hydrogen-bond donors (Lipinski definition) is 2. The molecule has 0 aliphatic heterocycles. The molecule has 0 atom stereocenters. The van der Waals surface area contributed by atoms with Gasteiger partial charge in [-0.05, 0) is 37.8 Å². The Kier molecular flexibility index (Phi) is 8.46. The molecule has 0 radical (unpaired) electrons. The van der Waals surface area contributed by atoms with Gasteiger partial charge in [-0.15, -0.1) is 0 Å². The fraction of sp³-hybridized carbons (Fsp3) is 0.500. The van der Waals surface area contributed by atoms with E-state index in [0.717, 1.165) is 17.5 Å². The van der Waals surface area contributed by atoms with Crippen LogP contribution in [0.15, 0.2) is 18.2 Å². The van der Waals surface area contributed by atoms with Crippen LogP contribution in [0, 0.1) is 19.8 Å². The summed E-state index contributed by atoms with van der Waals surface area (Å²) >= 11 is 0. The van der Waals surface area contributed by atoms with E-state index < -0.39 is 24.5 Å². The Labute approximate surface area is 148 Å². The summed E-state index contributed by atoms with van der Waals surface area (Å²) in [6.07, 6.45) is 0.812. The molecule has 3 amide bonds. The summed E-state index contributed by atoms with van der Waals surface area (Å²) < 4.78 is 10.1. The summed E-state index contributed by atoms with van der Waals surface area (Å²) in [6, 6.07) is 4.98. The molecule has 0 fully saturated rings. The van der Waals surface area contributed by atoms with Gasteiger partial charge in [-0.2, -0.15) is 0 Å². The Morgan fingerprint density at radius 3 is 2.48 bits per heavy atom. The first-order chi connectivity index (χ1) is 11.8. The summed E-state index contributed by atoms with van der Waals surface area (Å²) in [6.45, 7) is 7.53. The molecule has 0 bridgehead atoms. The van der Waals surface area contributed by atoms with Gasteiger partial charge in [0.15, 0.2) is 13.2 Å². The average Bonchev–Trinajstić information content (AvgIpc) is 2.51. The lowest BCUT2D eigenvalue weighted by molar-refractivity contribution is -0.150. The first-order valence-electron chi connectivity index (χ1n) is 8.21. The molecule has 0 saturated carbocycles. The zero-order chi connectivity index (χ0) is 18.8. The normalized spacial score (nSPS) is 10.3. The van der Waals surface area contributed by atoms with Gasteiger partial charge in [0.05, 0.1) is 0 Å². The molecule has 0 spiro atoms. The van der Waals surface area contributed by atoms with Crippen molar-refractivity contribution in [3.63, 3.8) is 0 Å². The van der Waals surface area contributed by atoms with Gasteiger partial charge in [-0.1, -0.05) is 31.5 Å². The lowest BCUT2D eigenvalue weighted by atomic mass is 10.1. The van der Waals surface area contributed by atoms with Gasteiger partial charge in [-0.25, -0.2) is 9.59 Å². The molecule has 7 heteroatoms. The number of imide groups is 1. The van der Waals surface area contributed by atoms with Crippen LogP contribution >= 0.6 is 0 Å². The lowest BCUT2D eigenvalue weighted by Gasteiger charge is -2.10. The third-order valence-corrected chi connectivity index (χ3v) is 3.30. The van der Waals surface area contributed by atoms with Gasteiger partial charge in [0, 0.05) is 6.54 Å². The van der Waals surface area contributed by atoms with Crippen LogP contribution in [0.25, 0.3) is 0 Å². The summed E-state index contributed by atoms with van der Waals surface area (Å²) in [4.78, 5) is 34.6. The van der Waals surface area contributed by atoms with Crippen molar-refractivity contribution in [3.8, 4) is 5.75 Å². The molecule has 0 saturated heterocycles. The second-order valence-electron chi connectivity index (χ2n) is 6.20. The number of benzene rings is 1. The van der Waals surface area contributed by atoms with Gasteiger partial charge >= 0.3 is 12.0 Å². The topological polar surface area (TPSA) is 93.7 Å². The first kappa shape index (κ1) is 20.5. The van der Waals surface area contributed by atoms with E-state index in [1.807, 2.05) is 39.8 Å². The number of amides is 3. The minimum atomic E-state index is -0.693. The van der Waals surface area contributed by atoms with Crippen molar-refractivity contribution in [2.24, 2.45) is 5.92 Å². The molecule has 138 valence electrons. The number of aryl methyl sites for hydroxylation is 2. The maximum absolute atomic E-state index is 11.6. The highest BCUT2D eigenvalue weighted by atomic mass is 16.6. The number of ether oxygens (including phenoxy) is 2. The molecule has 0 heterocycles. The van der Waals surface area contributed by atoms with Crippen molar-refractivity contribution < 1.29 is 23.9 Å². The first-order valence-corrected chi connectivity index (χ1v) is 8.21. The largest absolute Gasteiger partial charge is 0.482 e. The minimum absolute atomic E-state index is 0.308. The third-order valence-electron chi connectivity index (χ3n) is 3.30.